The quantitative estimate of drug-likeness (QED) is 0.438. The van der Waals surface area contributed by atoms with Crippen LogP contribution < -0.4 is 0 Å². The number of rotatable bonds is 3. The second kappa shape index (κ2) is 10.6. The van der Waals surface area contributed by atoms with E-state index < -0.39 is 0 Å². The molecule has 0 atom stereocenters. The number of hydrogen-bond acceptors (Lipinski definition) is 1. The second-order valence-electron chi connectivity index (χ2n) is 2.09. The van der Waals surface area contributed by atoms with Gasteiger partial charge in [0.2, 0.25) is 0 Å². The summed E-state index contributed by atoms with van der Waals surface area (Å²) in [7, 11) is -0.171. The van der Waals surface area contributed by atoms with Crippen molar-refractivity contribution in [2.24, 2.45) is 0 Å². The lowest BCUT2D eigenvalue weighted by Gasteiger charge is -2.03. The first-order valence-electron chi connectivity index (χ1n) is 3.57. The summed E-state index contributed by atoms with van der Waals surface area (Å²) >= 11 is 0. The van der Waals surface area contributed by atoms with Gasteiger partial charge in [0.15, 0.2) is 0 Å². The van der Waals surface area contributed by atoms with Crippen molar-refractivity contribution in [1.29, 1.82) is 5.26 Å². The molecule has 9 heavy (non-hydrogen) atoms. The summed E-state index contributed by atoms with van der Waals surface area (Å²) in [4.78, 5) is 0. The zero-order chi connectivity index (χ0) is 7.70. The lowest BCUT2D eigenvalue weighted by molar-refractivity contribution is 1.24. The lowest BCUT2D eigenvalue weighted by atomic mass is 10.9. The van der Waals surface area contributed by atoms with E-state index in [2.05, 4.69) is 20.8 Å². The largest absolute Gasteiger partial charge is 0.512 e. The van der Waals surface area contributed by atoms with Crippen LogP contribution in [0.25, 0.3) is 0 Å². The molecule has 0 heterocycles. The van der Waals surface area contributed by atoms with Crippen LogP contribution in [0.3, 0.4) is 0 Å². The van der Waals surface area contributed by atoms with Crippen molar-refractivity contribution in [2.75, 3.05) is 0 Å². The average Bonchev–Trinajstić information content (AvgIpc) is 1.96. The molecular weight excluding hydrogens is 126 g/mol. The maximum atomic E-state index is 6.25. The Kier molecular flexibility index (Phi) is 13.6. The number of hydrogen-bond donors (Lipinski definition) is 0. The second-order valence-corrected chi connectivity index (χ2v) is 6.27. The Morgan fingerprint density at radius 2 is 1.22 bits per heavy atom. The van der Waals surface area contributed by atoms with Gasteiger partial charge < -0.3 is 11.8 Å². The van der Waals surface area contributed by atoms with E-state index in [-0.39, 0.29) is 8.80 Å². The molecule has 0 saturated carbocycles. The lowest BCUT2D eigenvalue weighted by Crippen LogP contribution is -2.04. The Morgan fingerprint density at radius 3 is 1.22 bits per heavy atom. The molecule has 0 saturated heterocycles. The average molecular weight is 142 g/mol. The molecule has 0 rings (SSSR count). The normalized spacial score (nSPS) is 8.22. The van der Waals surface area contributed by atoms with Crippen molar-refractivity contribution < 1.29 is 0 Å². The molecule has 1 nitrogen and oxygen atoms in total. The fourth-order valence-electron chi connectivity index (χ4n) is 0.866. The van der Waals surface area contributed by atoms with Crippen LogP contribution in [-0.2, 0) is 0 Å². The van der Waals surface area contributed by atoms with E-state index in [9.17, 15) is 0 Å². The zero-order valence-corrected chi connectivity index (χ0v) is 7.80. The van der Waals surface area contributed by atoms with Gasteiger partial charge in [-0.05, 0) is 0 Å². The monoisotopic (exact) mass is 142 g/mol. The maximum Gasteiger partial charge on any atom is 0.0359 e. The summed E-state index contributed by atoms with van der Waals surface area (Å²) in [5.74, 6) is 0. The molecule has 0 bridgehead atoms. The highest BCUT2D eigenvalue weighted by molar-refractivity contribution is 6.58. The van der Waals surface area contributed by atoms with Crippen molar-refractivity contribution in [3.63, 3.8) is 0 Å². The molecule has 0 fully saturated rings. The van der Waals surface area contributed by atoms with Crippen LogP contribution in [0.1, 0.15) is 20.8 Å². The first kappa shape index (κ1) is 11.5. The van der Waals surface area contributed by atoms with Crippen LogP contribution >= 0.6 is 0 Å². The molecule has 2 heteroatoms. The molecule has 0 radical (unpaired) electrons. The standard InChI is InChI=1S/C6H16Si.CN/c1-4-7(5-2)6-3;1-2/h7H,4-6H2,1-3H3;/q;-1. The van der Waals surface area contributed by atoms with E-state index >= 15 is 0 Å². The Morgan fingerprint density at radius 1 is 1.00 bits per heavy atom. The van der Waals surface area contributed by atoms with Gasteiger partial charge in [-0.2, -0.15) is 0 Å². The minimum atomic E-state index is -0.171. The molecule has 0 N–H and O–H groups in total. The van der Waals surface area contributed by atoms with Crippen molar-refractivity contribution in [1.82, 2.24) is 0 Å². The van der Waals surface area contributed by atoms with Crippen LogP contribution in [-0.4, -0.2) is 8.80 Å². The first-order valence-corrected chi connectivity index (χ1v) is 6.02. The van der Waals surface area contributed by atoms with Crippen molar-refractivity contribution in [2.45, 2.75) is 38.9 Å². The van der Waals surface area contributed by atoms with Crippen molar-refractivity contribution >= 4 is 8.80 Å². The van der Waals surface area contributed by atoms with Gasteiger partial charge in [0.05, 0.1) is 0 Å². The minimum Gasteiger partial charge on any atom is -0.512 e. The van der Waals surface area contributed by atoms with Gasteiger partial charge in [-0.15, -0.1) is 0 Å². The summed E-state index contributed by atoms with van der Waals surface area (Å²) in [5.41, 5.74) is 0. The van der Waals surface area contributed by atoms with Crippen molar-refractivity contribution in [3.8, 4) is 0 Å². The Bertz CT molecular complexity index is 51.7. The summed E-state index contributed by atoms with van der Waals surface area (Å²) in [6, 6.07) is 4.48. The van der Waals surface area contributed by atoms with Crippen LogP contribution in [0.5, 0.6) is 0 Å². The highest BCUT2D eigenvalue weighted by Crippen LogP contribution is 2.01. The molecule has 0 aliphatic rings. The van der Waals surface area contributed by atoms with E-state index in [1.54, 1.807) is 0 Å². The van der Waals surface area contributed by atoms with Gasteiger partial charge in [0.1, 0.15) is 0 Å². The molecule has 0 spiro atoms. The summed E-state index contributed by atoms with van der Waals surface area (Å²) in [5, 5.41) is 6.25. The van der Waals surface area contributed by atoms with Crippen molar-refractivity contribution in [3.05, 3.63) is 6.57 Å². The molecular formula is C7H16NSi-. The van der Waals surface area contributed by atoms with Gasteiger partial charge in [-0.3, -0.25) is 0 Å². The Hall–Kier alpha value is -0.293. The molecule has 0 aliphatic heterocycles. The van der Waals surface area contributed by atoms with Gasteiger partial charge in [-0.25, -0.2) is 0 Å². The van der Waals surface area contributed by atoms with E-state index in [0.717, 1.165) is 0 Å². The molecule has 0 aliphatic carbocycles. The van der Waals surface area contributed by atoms with Crippen LogP contribution in [0.4, 0.5) is 0 Å². The third-order valence-electron chi connectivity index (χ3n) is 1.73. The first-order chi connectivity index (χ1) is 4.35. The number of nitrogens with zero attached hydrogens (tertiary/aromatic N) is 1. The molecule has 0 aromatic carbocycles. The summed E-state index contributed by atoms with van der Waals surface area (Å²) in [6.07, 6.45) is 0. The zero-order valence-electron chi connectivity index (χ0n) is 6.65. The molecule has 0 amide bonds. The molecule has 54 valence electrons. The Labute approximate surface area is 60.3 Å². The fraction of sp³-hybridized carbons (Fsp3) is 0.857. The van der Waals surface area contributed by atoms with E-state index in [1.807, 2.05) is 0 Å². The highest BCUT2D eigenvalue weighted by atomic mass is 28.3. The summed E-state index contributed by atoms with van der Waals surface area (Å²) in [6.45, 7) is 11.7. The predicted octanol–water partition coefficient (Wildman–Crippen LogP) is 2.37. The molecule has 0 aromatic heterocycles. The topological polar surface area (TPSA) is 23.8 Å². The SMILES string of the molecule is CC[SiH](CC)CC.[C-]#N. The summed E-state index contributed by atoms with van der Waals surface area (Å²) < 4.78 is 0. The minimum absolute atomic E-state index is 0.171. The predicted molar refractivity (Wildman–Crippen MR) is 43.6 cm³/mol. The molecule has 0 unspecified atom stereocenters. The van der Waals surface area contributed by atoms with Crippen LogP contribution in [0, 0.1) is 11.8 Å². The van der Waals surface area contributed by atoms with Crippen LogP contribution in [0.15, 0.2) is 0 Å². The van der Waals surface area contributed by atoms with Gasteiger partial charge in [-0.1, -0.05) is 38.9 Å². The van der Waals surface area contributed by atoms with E-state index in [4.69, 9.17) is 11.8 Å². The van der Waals surface area contributed by atoms with E-state index in [1.165, 1.54) is 18.1 Å². The van der Waals surface area contributed by atoms with Crippen LogP contribution in [0.2, 0.25) is 18.1 Å². The van der Waals surface area contributed by atoms with Gasteiger partial charge in [0, 0.05) is 8.80 Å². The Balaban J connectivity index is 0. The van der Waals surface area contributed by atoms with Gasteiger partial charge >= 0.3 is 0 Å². The third-order valence-corrected chi connectivity index (χ3v) is 5.20. The third kappa shape index (κ3) is 7.71. The maximum absolute atomic E-state index is 6.25. The fourth-order valence-corrected chi connectivity index (χ4v) is 2.60. The van der Waals surface area contributed by atoms with E-state index in [0.29, 0.717) is 0 Å². The highest BCUT2D eigenvalue weighted by Gasteiger charge is 1.98. The molecule has 0 aromatic rings. The van der Waals surface area contributed by atoms with Gasteiger partial charge in [0.25, 0.3) is 0 Å². The smallest absolute Gasteiger partial charge is 0.0359 e.